The van der Waals surface area contributed by atoms with Gasteiger partial charge >= 0.3 is 17.9 Å². The summed E-state index contributed by atoms with van der Waals surface area (Å²) in [4.78, 5) is 36.8. The van der Waals surface area contributed by atoms with E-state index in [4.69, 9.17) is 14.2 Å². The largest absolute Gasteiger partial charge is 0.458 e. The maximum atomic E-state index is 12.4. The molecule has 0 aromatic heterocycles. The average Bonchev–Trinajstić information content (AvgIpc) is 2.82. The molecule has 0 saturated heterocycles. The van der Waals surface area contributed by atoms with Gasteiger partial charge in [-0.2, -0.15) is 0 Å². The number of hydrogen-bond donors (Lipinski definition) is 0. The van der Waals surface area contributed by atoms with E-state index in [1.165, 1.54) is 0 Å². The molecule has 0 fully saturated rings. The second-order valence-electron chi connectivity index (χ2n) is 6.32. The van der Waals surface area contributed by atoms with Gasteiger partial charge in [0.1, 0.15) is 13.2 Å². The number of esters is 3. The third-order valence-electron chi connectivity index (χ3n) is 4.10. The predicted molar refractivity (Wildman–Crippen MR) is 109 cm³/mol. The van der Waals surface area contributed by atoms with Gasteiger partial charge in [-0.1, -0.05) is 54.6 Å². The predicted octanol–water partition coefficient (Wildman–Crippen LogP) is 3.93. The first-order chi connectivity index (χ1) is 14.6. The highest BCUT2D eigenvalue weighted by atomic mass is 16.6. The van der Waals surface area contributed by atoms with Crippen molar-refractivity contribution in [1.82, 2.24) is 0 Å². The first kappa shape index (κ1) is 20.8. The minimum atomic E-state index is -0.960. The van der Waals surface area contributed by atoms with Crippen molar-refractivity contribution in [2.45, 2.75) is 6.10 Å². The summed E-state index contributed by atoms with van der Waals surface area (Å²) in [6.45, 7) is -0.511. The van der Waals surface area contributed by atoms with Gasteiger partial charge in [0.25, 0.3) is 0 Å². The van der Waals surface area contributed by atoms with Crippen LogP contribution in [0.1, 0.15) is 31.1 Å². The lowest BCUT2D eigenvalue weighted by Crippen LogP contribution is -2.31. The van der Waals surface area contributed by atoms with E-state index >= 15 is 0 Å². The molecule has 0 bridgehead atoms. The molecular formula is C24H20O6. The fourth-order valence-electron chi connectivity index (χ4n) is 2.56. The van der Waals surface area contributed by atoms with Gasteiger partial charge in [-0.05, 0) is 36.4 Å². The Hall–Kier alpha value is -3.93. The second-order valence-corrected chi connectivity index (χ2v) is 6.32. The van der Waals surface area contributed by atoms with E-state index in [9.17, 15) is 14.4 Å². The Morgan fingerprint density at radius 2 is 0.867 bits per heavy atom. The molecule has 0 aliphatic heterocycles. The number of carbonyl (C=O) groups is 3. The molecular weight excluding hydrogens is 384 g/mol. The van der Waals surface area contributed by atoms with Crippen LogP contribution in [0.15, 0.2) is 91.0 Å². The minimum Gasteiger partial charge on any atom is -0.458 e. The summed E-state index contributed by atoms with van der Waals surface area (Å²) in [6, 6.07) is 25.3. The van der Waals surface area contributed by atoms with Crippen LogP contribution < -0.4 is 0 Å². The van der Waals surface area contributed by atoms with Crippen LogP contribution in [-0.4, -0.2) is 37.2 Å². The molecule has 0 N–H and O–H groups in total. The minimum absolute atomic E-state index is 0.256. The van der Waals surface area contributed by atoms with Gasteiger partial charge in [0.2, 0.25) is 0 Å². The highest BCUT2D eigenvalue weighted by Gasteiger charge is 2.21. The zero-order chi connectivity index (χ0) is 21.2. The van der Waals surface area contributed by atoms with Crippen LogP contribution in [-0.2, 0) is 14.2 Å². The summed E-state index contributed by atoms with van der Waals surface area (Å²) in [6.07, 6.45) is -0.960. The van der Waals surface area contributed by atoms with E-state index in [1.54, 1.807) is 91.0 Å². The van der Waals surface area contributed by atoms with Gasteiger partial charge < -0.3 is 14.2 Å². The molecule has 3 aromatic carbocycles. The standard InChI is InChI=1S/C24H20O6/c25-22(18-10-4-1-5-11-18)28-16-21(30-24(27)20-14-8-3-9-15-20)17-29-23(26)19-12-6-2-7-13-19/h1-15,21H,16-17H2. The Balaban J connectivity index is 1.63. The molecule has 152 valence electrons. The first-order valence-corrected chi connectivity index (χ1v) is 9.34. The molecule has 0 saturated carbocycles. The van der Waals surface area contributed by atoms with Crippen LogP contribution in [0.4, 0.5) is 0 Å². The van der Waals surface area contributed by atoms with E-state index in [-0.39, 0.29) is 13.2 Å². The zero-order valence-corrected chi connectivity index (χ0v) is 16.1. The van der Waals surface area contributed by atoms with Crippen LogP contribution in [0.2, 0.25) is 0 Å². The van der Waals surface area contributed by atoms with Crippen molar-refractivity contribution in [2.24, 2.45) is 0 Å². The molecule has 0 spiro atoms. The van der Waals surface area contributed by atoms with Crippen LogP contribution in [0.3, 0.4) is 0 Å². The molecule has 0 amide bonds. The van der Waals surface area contributed by atoms with Crippen LogP contribution >= 0.6 is 0 Å². The molecule has 0 unspecified atom stereocenters. The lowest BCUT2D eigenvalue weighted by molar-refractivity contribution is -0.0253. The van der Waals surface area contributed by atoms with Gasteiger partial charge in [0.05, 0.1) is 16.7 Å². The fourth-order valence-corrected chi connectivity index (χ4v) is 2.56. The van der Waals surface area contributed by atoms with Crippen LogP contribution in [0.25, 0.3) is 0 Å². The number of ether oxygens (including phenoxy) is 3. The third-order valence-corrected chi connectivity index (χ3v) is 4.10. The van der Waals surface area contributed by atoms with Crippen molar-refractivity contribution < 1.29 is 28.6 Å². The van der Waals surface area contributed by atoms with Gasteiger partial charge in [-0.15, -0.1) is 0 Å². The van der Waals surface area contributed by atoms with E-state index in [1.807, 2.05) is 0 Å². The molecule has 0 aliphatic carbocycles. The molecule has 6 nitrogen and oxygen atoms in total. The van der Waals surface area contributed by atoms with Crippen LogP contribution in [0.5, 0.6) is 0 Å². The first-order valence-electron chi connectivity index (χ1n) is 9.34. The fraction of sp³-hybridized carbons (Fsp3) is 0.125. The quantitative estimate of drug-likeness (QED) is 0.418. The van der Waals surface area contributed by atoms with Crippen LogP contribution in [0, 0.1) is 0 Å². The van der Waals surface area contributed by atoms with Gasteiger partial charge in [-0.25, -0.2) is 14.4 Å². The summed E-state index contributed by atoms with van der Waals surface area (Å²) in [5, 5.41) is 0. The Labute approximate surface area is 174 Å². The van der Waals surface area contributed by atoms with Crippen molar-refractivity contribution in [3.8, 4) is 0 Å². The highest BCUT2D eigenvalue weighted by Crippen LogP contribution is 2.09. The van der Waals surface area contributed by atoms with Gasteiger partial charge in [-0.3, -0.25) is 0 Å². The smallest absolute Gasteiger partial charge is 0.338 e. The number of rotatable bonds is 8. The molecule has 0 atom stereocenters. The number of carbonyl (C=O) groups excluding carboxylic acids is 3. The van der Waals surface area contributed by atoms with Crippen molar-refractivity contribution in [3.05, 3.63) is 108 Å². The number of hydrogen-bond acceptors (Lipinski definition) is 6. The van der Waals surface area contributed by atoms with E-state index in [0.717, 1.165) is 0 Å². The monoisotopic (exact) mass is 404 g/mol. The van der Waals surface area contributed by atoms with Crippen molar-refractivity contribution in [1.29, 1.82) is 0 Å². The Bertz CT molecular complexity index is 915. The molecule has 3 aromatic rings. The van der Waals surface area contributed by atoms with Crippen molar-refractivity contribution in [2.75, 3.05) is 13.2 Å². The SMILES string of the molecule is O=C(OCC(COC(=O)c1ccccc1)OC(=O)c1ccccc1)c1ccccc1. The number of benzene rings is 3. The van der Waals surface area contributed by atoms with E-state index < -0.39 is 24.0 Å². The molecule has 3 rings (SSSR count). The van der Waals surface area contributed by atoms with Crippen molar-refractivity contribution in [3.63, 3.8) is 0 Å². The zero-order valence-electron chi connectivity index (χ0n) is 16.1. The summed E-state index contributed by atoms with van der Waals surface area (Å²) in [7, 11) is 0. The normalized spacial score (nSPS) is 10.3. The molecule has 6 heteroatoms. The maximum absolute atomic E-state index is 12.4. The lowest BCUT2D eigenvalue weighted by atomic mass is 10.2. The molecule has 0 radical (unpaired) electrons. The summed E-state index contributed by atoms with van der Waals surface area (Å²) in [5.41, 5.74) is 1.07. The Morgan fingerprint density at radius 1 is 0.533 bits per heavy atom. The molecule has 0 aliphatic rings. The highest BCUT2D eigenvalue weighted by molar-refractivity contribution is 5.90. The Kier molecular flexibility index (Phi) is 7.33. The van der Waals surface area contributed by atoms with E-state index in [0.29, 0.717) is 16.7 Å². The van der Waals surface area contributed by atoms with E-state index in [2.05, 4.69) is 0 Å². The lowest BCUT2D eigenvalue weighted by Gasteiger charge is -2.18. The second kappa shape index (κ2) is 10.6. The topological polar surface area (TPSA) is 78.9 Å². The average molecular weight is 404 g/mol. The molecule has 0 heterocycles. The van der Waals surface area contributed by atoms with Gasteiger partial charge in [0, 0.05) is 0 Å². The Morgan fingerprint density at radius 3 is 1.23 bits per heavy atom. The maximum Gasteiger partial charge on any atom is 0.338 e. The summed E-state index contributed by atoms with van der Waals surface area (Å²) >= 11 is 0. The summed E-state index contributed by atoms with van der Waals surface area (Å²) < 4.78 is 15.9. The third kappa shape index (κ3) is 6.04. The summed E-state index contributed by atoms with van der Waals surface area (Å²) in [5.74, 6) is -1.73. The molecule has 30 heavy (non-hydrogen) atoms. The van der Waals surface area contributed by atoms with Gasteiger partial charge in [0.15, 0.2) is 6.10 Å². The van der Waals surface area contributed by atoms with Crippen molar-refractivity contribution >= 4 is 17.9 Å².